The van der Waals surface area contributed by atoms with Crippen molar-refractivity contribution in [2.45, 2.75) is 127 Å². The number of hydrogen-bond donors (Lipinski definition) is 4. The number of likely N-dealkylation sites (N-methyl/N-ethyl adjacent to an activating group) is 1. The number of carbonyl (C=O) groups is 6. The summed E-state index contributed by atoms with van der Waals surface area (Å²) >= 11 is 6.82. The number of fused-ring (bicyclic) bond motifs is 5. The number of carbonyl (C=O) groups excluding carboxylic acids is 5. The molecular formula is C48H70ClN5O15. The molecular weight excluding hydrogens is 922 g/mol. The average Bonchev–Trinajstić information content (AvgIpc) is 4.02. The molecule has 1 unspecified atom stereocenters. The van der Waals surface area contributed by atoms with Crippen molar-refractivity contribution >= 4 is 53.0 Å². The molecule has 20 nitrogen and oxygen atoms in total. The van der Waals surface area contributed by atoms with Gasteiger partial charge in [-0.1, -0.05) is 42.3 Å². The SMILES string of the molecule is COc1cc2cc(c1Cl)N(C)C(=O)C[C@H](OC(=O)[C@H](C)N(C)C(=O)CCC(=O)N(CCOCCOCCC(=O)O)C1CCNCC1)[C@]1(C)OC1[C@H](C)[C@@H]1C[C@@](O)(NC(=O)O1)[C@H](OC)/C=C/C=C(\C)C2. The summed E-state index contributed by atoms with van der Waals surface area (Å²) in [4.78, 5) is 83.9. The van der Waals surface area contributed by atoms with Gasteiger partial charge in [0.15, 0.2) is 5.72 Å². The summed E-state index contributed by atoms with van der Waals surface area (Å²) in [5.74, 6) is -3.26. The lowest BCUT2D eigenvalue weighted by Crippen LogP contribution is -2.63. The third-order valence-electron chi connectivity index (χ3n) is 13.5. The van der Waals surface area contributed by atoms with Gasteiger partial charge >= 0.3 is 18.0 Å². The van der Waals surface area contributed by atoms with Crippen LogP contribution in [0.25, 0.3) is 0 Å². The minimum absolute atomic E-state index is 0.0571. The van der Waals surface area contributed by atoms with Crippen LogP contribution in [0.5, 0.6) is 5.75 Å². The maximum Gasteiger partial charge on any atom is 0.409 e. The number of benzene rings is 1. The van der Waals surface area contributed by atoms with E-state index in [2.05, 4.69) is 10.6 Å². The van der Waals surface area contributed by atoms with E-state index in [1.807, 2.05) is 13.0 Å². The van der Waals surface area contributed by atoms with Crippen molar-refractivity contribution in [3.8, 4) is 5.75 Å². The second kappa shape index (κ2) is 24.8. The number of ether oxygens (including phenoxy) is 7. The Morgan fingerprint density at radius 2 is 1.71 bits per heavy atom. The fourth-order valence-electron chi connectivity index (χ4n) is 9.03. The number of hydrogen-bond acceptors (Lipinski definition) is 15. The number of epoxide rings is 1. The van der Waals surface area contributed by atoms with Crippen LogP contribution < -0.4 is 20.3 Å². The maximum atomic E-state index is 14.4. The van der Waals surface area contributed by atoms with Crippen LogP contribution in [0.2, 0.25) is 5.02 Å². The molecule has 5 rings (SSSR count). The van der Waals surface area contributed by atoms with Crippen LogP contribution in [0, 0.1) is 5.92 Å². The predicted molar refractivity (Wildman–Crippen MR) is 252 cm³/mol. The molecule has 8 atom stereocenters. The first-order valence-electron chi connectivity index (χ1n) is 23.4. The number of aliphatic hydroxyl groups is 1. The second-order valence-corrected chi connectivity index (χ2v) is 18.7. The number of halogens is 1. The van der Waals surface area contributed by atoms with Crippen LogP contribution in [0.1, 0.15) is 78.2 Å². The van der Waals surface area contributed by atoms with Gasteiger partial charge in [-0.3, -0.25) is 24.5 Å². The van der Waals surface area contributed by atoms with Gasteiger partial charge in [-0.2, -0.15) is 0 Å². The minimum Gasteiger partial charge on any atom is -0.495 e. The molecule has 4 aliphatic rings. The van der Waals surface area contributed by atoms with E-state index in [1.54, 1.807) is 50.1 Å². The molecule has 1 aromatic carbocycles. The second-order valence-electron chi connectivity index (χ2n) is 18.3. The molecule has 21 heteroatoms. The molecule has 0 saturated carbocycles. The average molecular weight is 993 g/mol. The van der Waals surface area contributed by atoms with Gasteiger partial charge in [-0.05, 0) is 70.8 Å². The van der Waals surface area contributed by atoms with E-state index in [1.165, 1.54) is 38.0 Å². The van der Waals surface area contributed by atoms with Gasteiger partial charge in [0, 0.05) is 59.0 Å². The van der Waals surface area contributed by atoms with Crippen molar-refractivity contribution in [3.63, 3.8) is 0 Å². The zero-order valence-electron chi connectivity index (χ0n) is 41.0. The number of anilines is 1. The number of rotatable bonds is 18. The van der Waals surface area contributed by atoms with Gasteiger partial charge < -0.3 is 63.4 Å². The molecule has 3 fully saturated rings. The van der Waals surface area contributed by atoms with Gasteiger partial charge in [0.25, 0.3) is 0 Å². The third-order valence-corrected chi connectivity index (χ3v) is 13.8. The van der Waals surface area contributed by atoms with Gasteiger partial charge in [0.05, 0.1) is 58.2 Å². The minimum atomic E-state index is -1.88. The van der Waals surface area contributed by atoms with Crippen LogP contribution in [0.15, 0.2) is 35.9 Å². The Hall–Kier alpha value is -4.83. The fourth-order valence-corrected chi connectivity index (χ4v) is 9.34. The molecule has 0 radical (unpaired) electrons. The van der Waals surface area contributed by atoms with E-state index in [9.17, 15) is 33.9 Å². The number of aliphatic carboxylic acids is 1. The van der Waals surface area contributed by atoms with E-state index < -0.39 is 77.5 Å². The van der Waals surface area contributed by atoms with Gasteiger partial charge in [-0.25, -0.2) is 9.59 Å². The highest BCUT2D eigenvalue weighted by Crippen LogP contribution is 2.49. The molecule has 4 amide bonds. The molecule has 0 aromatic heterocycles. The van der Waals surface area contributed by atoms with Crippen LogP contribution in [0.4, 0.5) is 10.5 Å². The van der Waals surface area contributed by atoms with Gasteiger partial charge in [0.2, 0.25) is 17.7 Å². The van der Waals surface area contributed by atoms with E-state index in [0.29, 0.717) is 17.9 Å². The number of methoxy groups -OCH3 is 2. The van der Waals surface area contributed by atoms with Gasteiger partial charge in [-0.15, -0.1) is 0 Å². The predicted octanol–water partition coefficient (Wildman–Crippen LogP) is 3.38. The van der Waals surface area contributed by atoms with Crippen molar-refractivity contribution < 1.29 is 72.1 Å². The first kappa shape index (κ1) is 55.1. The van der Waals surface area contributed by atoms with E-state index >= 15 is 0 Å². The number of nitrogens with one attached hydrogen (secondary N) is 2. The van der Waals surface area contributed by atoms with Gasteiger partial charge in [0.1, 0.15) is 40.7 Å². The smallest absolute Gasteiger partial charge is 0.409 e. The Kier molecular flexibility index (Phi) is 19.8. The Balaban J connectivity index is 1.33. The number of piperidine rings is 1. The third kappa shape index (κ3) is 14.4. The number of alkyl carbamates (subject to hydrolysis) is 1. The summed E-state index contributed by atoms with van der Waals surface area (Å²) in [6.45, 7) is 9.33. The monoisotopic (exact) mass is 991 g/mol. The summed E-state index contributed by atoms with van der Waals surface area (Å²) in [6.07, 6.45) is 1.44. The molecule has 4 aliphatic heterocycles. The first-order valence-corrected chi connectivity index (χ1v) is 23.8. The van der Waals surface area contributed by atoms with Crippen LogP contribution in [-0.4, -0.2) is 178 Å². The van der Waals surface area contributed by atoms with E-state index in [4.69, 9.17) is 49.9 Å². The highest BCUT2D eigenvalue weighted by molar-refractivity contribution is 6.35. The van der Waals surface area contributed by atoms with Crippen LogP contribution >= 0.6 is 11.6 Å². The lowest BCUT2D eigenvalue weighted by molar-refractivity contribution is -0.162. The Morgan fingerprint density at radius 1 is 1.03 bits per heavy atom. The van der Waals surface area contributed by atoms with Crippen LogP contribution in [-0.2, 0) is 58.8 Å². The number of carboxylic acids is 1. The lowest BCUT2D eigenvalue weighted by atomic mass is 9.83. The zero-order chi connectivity index (χ0) is 50.6. The molecule has 384 valence electrons. The number of allylic oxidation sites excluding steroid dienone is 3. The molecule has 0 aliphatic carbocycles. The number of amides is 4. The summed E-state index contributed by atoms with van der Waals surface area (Å²) in [7, 11) is 5.87. The molecule has 0 spiro atoms. The maximum absolute atomic E-state index is 14.4. The van der Waals surface area contributed by atoms with E-state index in [0.717, 1.165) is 37.1 Å². The number of carboxylic acid groups (broad SMARTS) is 1. The number of esters is 1. The Morgan fingerprint density at radius 3 is 2.38 bits per heavy atom. The molecule has 4 heterocycles. The molecule has 4 bridgehead atoms. The molecule has 69 heavy (non-hydrogen) atoms. The van der Waals surface area contributed by atoms with Crippen molar-refractivity contribution in [1.29, 1.82) is 0 Å². The van der Waals surface area contributed by atoms with Crippen molar-refractivity contribution in [2.24, 2.45) is 5.92 Å². The summed E-state index contributed by atoms with van der Waals surface area (Å²) in [5.41, 5.74) is -1.17. The lowest BCUT2D eigenvalue weighted by Gasteiger charge is -2.42. The number of nitrogens with zero attached hydrogens (tertiary/aromatic N) is 3. The fraction of sp³-hybridized carbons (Fsp3) is 0.667. The van der Waals surface area contributed by atoms with Crippen LogP contribution in [0.3, 0.4) is 0 Å². The molecule has 1 aromatic rings. The molecule has 3 saturated heterocycles. The van der Waals surface area contributed by atoms with Crippen molar-refractivity contribution in [2.75, 3.05) is 79.3 Å². The summed E-state index contributed by atoms with van der Waals surface area (Å²) in [5, 5.41) is 26.6. The highest BCUT2D eigenvalue weighted by atomic mass is 35.5. The summed E-state index contributed by atoms with van der Waals surface area (Å²) < 4.78 is 40.4. The zero-order valence-corrected chi connectivity index (χ0v) is 41.7. The Bertz CT molecular complexity index is 2070. The summed E-state index contributed by atoms with van der Waals surface area (Å²) in [6, 6.07) is 2.33. The quantitative estimate of drug-likeness (QED) is 0.0936. The van der Waals surface area contributed by atoms with Crippen molar-refractivity contribution in [3.05, 3.63) is 46.5 Å². The Labute approximate surface area is 408 Å². The molecule has 4 N–H and O–H groups in total. The highest BCUT2D eigenvalue weighted by Gasteiger charge is 2.64. The standard InChI is InChI=1S/C48H70ClN5O15/c1-29-10-9-11-37(64-8)48(62)28-36(67-46(61)51-48)30(2)44-47(4,69-44)38(27-41(57)53(6)34-25-32(24-29)26-35(63-7)43(34)49)68-45(60)31(3)52(5)39(55)12-13-40(56)54(33-14-17-50-18-15-33)19-21-66-23-22-65-20-16-42(58)59/h9-11,25-26,30-31,33,36-38,44,50,62H,12-24,27-28H2,1-8H3,(H,51,61)(H,58,59)/b11-9+,29-10+/t30-,31+,36+,37-,38+,44?,47+,48+/m1/s1. The topological polar surface area (TPSA) is 245 Å². The van der Waals surface area contributed by atoms with Crippen molar-refractivity contribution in [1.82, 2.24) is 20.4 Å². The first-order chi connectivity index (χ1) is 32.7. The normalized spacial score (nSPS) is 28.2. The van der Waals surface area contributed by atoms with E-state index in [-0.39, 0.29) is 82.0 Å². The largest absolute Gasteiger partial charge is 0.495 e.